The maximum atomic E-state index is 3.75. The number of nitrogens with zero attached hydrogens (tertiary/aromatic N) is 1. The fourth-order valence-electron chi connectivity index (χ4n) is 3.70. The predicted octanol–water partition coefficient (Wildman–Crippen LogP) is 4.06. The van der Waals surface area contributed by atoms with Crippen molar-refractivity contribution in [1.29, 1.82) is 0 Å². The van der Waals surface area contributed by atoms with Crippen molar-refractivity contribution in [3.63, 3.8) is 0 Å². The Morgan fingerprint density at radius 3 is 2.20 bits per heavy atom. The summed E-state index contributed by atoms with van der Waals surface area (Å²) in [5, 5.41) is 3.75. The van der Waals surface area contributed by atoms with Crippen molar-refractivity contribution in [2.24, 2.45) is 11.3 Å². The van der Waals surface area contributed by atoms with E-state index in [9.17, 15) is 0 Å². The summed E-state index contributed by atoms with van der Waals surface area (Å²) in [7, 11) is 2.36. The molecule has 0 aromatic carbocycles. The number of nitrogens with one attached hydrogen (secondary N) is 1. The first-order valence-corrected chi connectivity index (χ1v) is 9.00. The lowest BCUT2D eigenvalue weighted by Gasteiger charge is -2.40. The minimum Gasteiger partial charge on any atom is -0.313 e. The SMILES string of the molecule is CCC1CCC(N(C)CC(C)(CC)CNC2CC2)CC1. The molecule has 0 spiro atoms. The summed E-state index contributed by atoms with van der Waals surface area (Å²) >= 11 is 0. The molecule has 1 atom stereocenters. The molecule has 0 aromatic heterocycles. The number of rotatable bonds is 8. The second-order valence-electron chi connectivity index (χ2n) is 7.82. The van der Waals surface area contributed by atoms with Crippen LogP contribution in [0.5, 0.6) is 0 Å². The van der Waals surface area contributed by atoms with Crippen LogP contribution in [-0.4, -0.2) is 37.1 Å². The number of hydrogen-bond donors (Lipinski definition) is 1. The monoisotopic (exact) mass is 280 g/mol. The van der Waals surface area contributed by atoms with Crippen LogP contribution in [0, 0.1) is 11.3 Å². The van der Waals surface area contributed by atoms with Gasteiger partial charge in [0, 0.05) is 25.2 Å². The molecule has 0 aromatic rings. The zero-order valence-electron chi connectivity index (χ0n) is 14.3. The summed E-state index contributed by atoms with van der Waals surface area (Å²) in [4.78, 5) is 2.67. The van der Waals surface area contributed by atoms with Gasteiger partial charge in [0.1, 0.15) is 0 Å². The van der Waals surface area contributed by atoms with Crippen molar-refractivity contribution in [2.75, 3.05) is 20.1 Å². The Morgan fingerprint density at radius 2 is 1.70 bits per heavy atom. The molecule has 0 aliphatic heterocycles. The summed E-state index contributed by atoms with van der Waals surface area (Å²) in [5.41, 5.74) is 0.443. The van der Waals surface area contributed by atoms with E-state index in [2.05, 4.69) is 38.0 Å². The molecule has 20 heavy (non-hydrogen) atoms. The molecule has 0 amide bonds. The fraction of sp³-hybridized carbons (Fsp3) is 1.00. The highest BCUT2D eigenvalue weighted by atomic mass is 15.1. The Balaban J connectivity index is 1.77. The van der Waals surface area contributed by atoms with Gasteiger partial charge in [0.15, 0.2) is 0 Å². The second-order valence-corrected chi connectivity index (χ2v) is 7.82. The van der Waals surface area contributed by atoms with Gasteiger partial charge in [0.2, 0.25) is 0 Å². The molecular formula is C18H36N2. The highest BCUT2D eigenvalue weighted by molar-refractivity contribution is 4.88. The van der Waals surface area contributed by atoms with Crippen LogP contribution in [0.25, 0.3) is 0 Å². The third kappa shape index (κ3) is 4.73. The molecule has 2 saturated carbocycles. The van der Waals surface area contributed by atoms with Crippen molar-refractivity contribution < 1.29 is 0 Å². The molecule has 2 heteroatoms. The molecule has 2 aliphatic carbocycles. The van der Waals surface area contributed by atoms with E-state index in [1.165, 1.54) is 64.5 Å². The smallest absolute Gasteiger partial charge is 0.00926 e. The third-order valence-electron chi connectivity index (χ3n) is 5.90. The molecule has 1 N–H and O–H groups in total. The zero-order valence-corrected chi connectivity index (χ0v) is 14.3. The predicted molar refractivity (Wildman–Crippen MR) is 88.1 cm³/mol. The average Bonchev–Trinajstić information content (AvgIpc) is 3.29. The van der Waals surface area contributed by atoms with Crippen molar-refractivity contribution in [1.82, 2.24) is 10.2 Å². The Kier molecular flexibility index (Phi) is 5.92. The van der Waals surface area contributed by atoms with Crippen LogP contribution in [0.3, 0.4) is 0 Å². The van der Waals surface area contributed by atoms with Gasteiger partial charge in [-0.25, -0.2) is 0 Å². The van der Waals surface area contributed by atoms with E-state index in [1.807, 2.05) is 0 Å². The molecule has 118 valence electrons. The first kappa shape index (κ1) is 16.3. The average molecular weight is 281 g/mol. The van der Waals surface area contributed by atoms with Gasteiger partial charge in [-0.05, 0) is 63.3 Å². The van der Waals surface area contributed by atoms with E-state index < -0.39 is 0 Å². The van der Waals surface area contributed by atoms with E-state index in [0.29, 0.717) is 5.41 Å². The van der Waals surface area contributed by atoms with Gasteiger partial charge in [-0.3, -0.25) is 0 Å². The molecule has 0 bridgehead atoms. The number of hydrogen-bond acceptors (Lipinski definition) is 2. The summed E-state index contributed by atoms with van der Waals surface area (Å²) < 4.78 is 0. The highest BCUT2D eigenvalue weighted by Crippen LogP contribution is 2.31. The van der Waals surface area contributed by atoms with E-state index in [0.717, 1.165) is 18.0 Å². The fourth-order valence-corrected chi connectivity index (χ4v) is 3.70. The Morgan fingerprint density at radius 1 is 1.05 bits per heavy atom. The van der Waals surface area contributed by atoms with E-state index in [1.54, 1.807) is 0 Å². The van der Waals surface area contributed by atoms with Gasteiger partial charge in [0.25, 0.3) is 0 Å². The lowest BCUT2D eigenvalue weighted by Crippen LogP contribution is -2.45. The third-order valence-corrected chi connectivity index (χ3v) is 5.90. The standard InChI is InChI=1S/C18H36N2/c1-5-15-7-11-17(12-8-15)20(4)14-18(3,6-2)13-19-16-9-10-16/h15-17,19H,5-14H2,1-4H3. The van der Waals surface area contributed by atoms with Crippen molar-refractivity contribution in [3.05, 3.63) is 0 Å². The van der Waals surface area contributed by atoms with E-state index >= 15 is 0 Å². The molecule has 2 rings (SSSR count). The molecule has 0 heterocycles. The molecule has 0 radical (unpaired) electrons. The first-order chi connectivity index (χ1) is 9.56. The summed E-state index contributed by atoms with van der Waals surface area (Å²) in [6, 6.07) is 1.68. The minimum atomic E-state index is 0.443. The van der Waals surface area contributed by atoms with Gasteiger partial charge in [-0.2, -0.15) is 0 Å². The Bertz CT molecular complexity index is 279. The molecular weight excluding hydrogens is 244 g/mol. The van der Waals surface area contributed by atoms with Crippen LogP contribution in [-0.2, 0) is 0 Å². The molecule has 2 fully saturated rings. The topological polar surface area (TPSA) is 15.3 Å². The van der Waals surface area contributed by atoms with Crippen LogP contribution < -0.4 is 5.32 Å². The molecule has 0 saturated heterocycles. The van der Waals surface area contributed by atoms with Crippen LogP contribution in [0.15, 0.2) is 0 Å². The zero-order chi connectivity index (χ0) is 14.6. The van der Waals surface area contributed by atoms with Crippen LogP contribution in [0.1, 0.15) is 72.1 Å². The van der Waals surface area contributed by atoms with E-state index in [-0.39, 0.29) is 0 Å². The lowest BCUT2D eigenvalue weighted by atomic mass is 9.82. The van der Waals surface area contributed by atoms with Gasteiger partial charge in [-0.15, -0.1) is 0 Å². The lowest BCUT2D eigenvalue weighted by molar-refractivity contribution is 0.105. The normalized spacial score (nSPS) is 30.4. The quantitative estimate of drug-likeness (QED) is 0.721. The maximum absolute atomic E-state index is 3.75. The summed E-state index contributed by atoms with van der Waals surface area (Å²) in [6.45, 7) is 9.63. The van der Waals surface area contributed by atoms with Gasteiger partial charge in [0.05, 0.1) is 0 Å². The highest BCUT2D eigenvalue weighted by Gasteiger charge is 2.31. The van der Waals surface area contributed by atoms with Crippen LogP contribution in [0.2, 0.25) is 0 Å². The van der Waals surface area contributed by atoms with Gasteiger partial charge < -0.3 is 10.2 Å². The van der Waals surface area contributed by atoms with Gasteiger partial charge >= 0.3 is 0 Å². The van der Waals surface area contributed by atoms with Gasteiger partial charge in [-0.1, -0.05) is 27.2 Å². The summed E-state index contributed by atoms with van der Waals surface area (Å²) in [5.74, 6) is 1.01. The van der Waals surface area contributed by atoms with Crippen molar-refractivity contribution in [2.45, 2.75) is 84.2 Å². The second kappa shape index (κ2) is 7.26. The Hall–Kier alpha value is -0.0800. The van der Waals surface area contributed by atoms with Crippen molar-refractivity contribution in [3.8, 4) is 0 Å². The largest absolute Gasteiger partial charge is 0.313 e. The summed E-state index contributed by atoms with van der Waals surface area (Å²) in [6.07, 6.45) is 11.2. The van der Waals surface area contributed by atoms with E-state index in [4.69, 9.17) is 0 Å². The molecule has 2 aliphatic rings. The van der Waals surface area contributed by atoms with Crippen LogP contribution in [0.4, 0.5) is 0 Å². The molecule has 1 unspecified atom stereocenters. The maximum Gasteiger partial charge on any atom is 0.00926 e. The minimum absolute atomic E-state index is 0.443. The molecule has 2 nitrogen and oxygen atoms in total. The van der Waals surface area contributed by atoms with Crippen LogP contribution >= 0.6 is 0 Å². The Labute approximate surface area is 126 Å². The first-order valence-electron chi connectivity index (χ1n) is 9.00. The van der Waals surface area contributed by atoms with Crippen molar-refractivity contribution >= 4 is 0 Å².